The van der Waals surface area contributed by atoms with E-state index in [9.17, 15) is 5.11 Å². The third-order valence-corrected chi connectivity index (χ3v) is 3.35. The Labute approximate surface area is 104 Å². The van der Waals surface area contributed by atoms with E-state index in [1.54, 1.807) is 12.3 Å². The van der Waals surface area contributed by atoms with Crippen LogP contribution in [0.5, 0.6) is 0 Å². The van der Waals surface area contributed by atoms with E-state index in [0.717, 1.165) is 18.8 Å². The summed E-state index contributed by atoms with van der Waals surface area (Å²) < 4.78 is 5.17. The SMILES string of the molecule is CCC(C)CC(CC)NCC(O)c1ccco1. The lowest BCUT2D eigenvalue weighted by Crippen LogP contribution is -2.33. The van der Waals surface area contributed by atoms with Gasteiger partial charge in [-0.05, 0) is 30.9 Å². The highest BCUT2D eigenvalue weighted by atomic mass is 16.4. The van der Waals surface area contributed by atoms with Crippen molar-refractivity contribution < 1.29 is 9.52 Å². The zero-order valence-corrected chi connectivity index (χ0v) is 11.1. The Kier molecular flexibility index (Phi) is 6.30. The lowest BCUT2D eigenvalue weighted by molar-refractivity contribution is 0.141. The van der Waals surface area contributed by atoms with Crippen LogP contribution < -0.4 is 5.32 Å². The van der Waals surface area contributed by atoms with Gasteiger partial charge in [0.25, 0.3) is 0 Å². The van der Waals surface area contributed by atoms with Gasteiger partial charge in [-0.2, -0.15) is 0 Å². The van der Waals surface area contributed by atoms with Crippen molar-refractivity contribution >= 4 is 0 Å². The van der Waals surface area contributed by atoms with Crippen LogP contribution in [0, 0.1) is 5.92 Å². The van der Waals surface area contributed by atoms with Gasteiger partial charge in [0.05, 0.1) is 6.26 Å². The normalized spacial score (nSPS) is 16.7. The minimum absolute atomic E-state index is 0.481. The maximum Gasteiger partial charge on any atom is 0.133 e. The predicted molar refractivity (Wildman–Crippen MR) is 69.8 cm³/mol. The first kappa shape index (κ1) is 14.3. The summed E-state index contributed by atoms with van der Waals surface area (Å²) in [6.07, 6.45) is 4.51. The summed E-state index contributed by atoms with van der Waals surface area (Å²) in [6.45, 7) is 7.23. The molecule has 0 aliphatic carbocycles. The van der Waals surface area contributed by atoms with E-state index in [1.807, 2.05) is 6.07 Å². The fourth-order valence-corrected chi connectivity index (χ4v) is 1.91. The molecule has 0 radical (unpaired) electrons. The molecule has 98 valence electrons. The van der Waals surface area contributed by atoms with Gasteiger partial charge in [-0.1, -0.05) is 27.2 Å². The van der Waals surface area contributed by atoms with E-state index in [1.165, 1.54) is 6.42 Å². The summed E-state index contributed by atoms with van der Waals surface area (Å²) in [5.74, 6) is 1.36. The summed E-state index contributed by atoms with van der Waals surface area (Å²) in [6, 6.07) is 4.09. The first-order valence-corrected chi connectivity index (χ1v) is 6.62. The molecular formula is C14H25NO2. The standard InChI is InChI=1S/C14H25NO2/c1-4-11(3)9-12(5-2)15-10-13(16)14-7-6-8-17-14/h6-8,11-13,15-16H,4-5,9-10H2,1-3H3. The molecule has 3 heteroatoms. The molecule has 0 saturated carbocycles. The molecule has 3 nitrogen and oxygen atoms in total. The van der Waals surface area contributed by atoms with Crippen LogP contribution in [0.1, 0.15) is 51.9 Å². The summed E-state index contributed by atoms with van der Waals surface area (Å²) in [5, 5.41) is 13.3. The molecule has 2 N–H and O–H groups in total. The van der Waals surface area contributed by atoms with Gasteiger partial charge in [0, 0.05) is 12.6 Å². The van der Waals surface area contributed by atoms with Gasteiger partial charge in [-0.3, -0.25) is 0 Å². The Morgan fingerprint density at radius 2 is 2.12 bits per heavy atom. The number of aliphatic hydroxyl groups excluding tert-OH is 1. The molecule has 1 aromatic heterocycles. The lowest BCUT2D eigenvalue weighted by atomic mass is 9.97. The smallest absolute Gasteiger partial charge is 0.133 e. The van der Waals surface area contributed by atoms with Gasteiger partial charge < -0.3 is 14.8 Å². The Bertz CT molecular complexity index is 284. The van der Waals surface area contributed by atoms with Crippen LogP contribution in [0.2, 0.25) is 0 Å². The van der Waals surface area contributed by atoms with Crippen molar-refractivity contribution in [2.75, 3.05) is 6.54 Å². The Balaban J connectivity index is 2.32. The van der Waals surface area contributed by atoms with E-state index < -0.39 is 6.10 Å². The second kappa shape index (κ2) is 7.51. The van der Waals surface area contributed by atoms with E-state index in [2.05, 4.69) is 26.1 Å². The van der Waals surface area contributed by atoms with Gasteiger partial charge in [-0.15, -0.1) is 0 Å². The molecular weight excluding hydrogens is 214 g/mol. The van der Waals surface area contributed by atoms with Crippen LogP contribution in [0.4, 0.5) is 0 Å². The third kappa shape index (κ3) is 4.92. The maximum atomic E-state index is 9.89. The zero-order chi connectivity index (χ0) is 12.7. The Morgan fingerprint density at radius 1 is 1.35 bits per heavy atom. The van der Waals surface area contributed by atoms with E-state index >= 15 is 0 Å². The summed E-state index contributed by atoms with van der Waals surface area (Å²) in [5.41, 5.74) is 0. The molecule has 1 rings (SSSR count). The van der Waals surface area contributed by atoms with Crippen LogP contribution in [0.15, 0.2) is 22.8 Å². The van der Waals surface area contributed by atoms with Crippen molar-refractivity contribution in [1.29, 1.82) is 0 Å². The van der Waals surface area contributed by atoms with Crippen LogP contribution >= 0.6 is 0 Å². The molecule has 0 aromatic carbocycles. The van der Waals surface area contributed by atoms with Crippen molar-refractivity contribution in [1.82, 2.24) is 5.32 Å². The minimum Gasteiger partial charge on any atom is -0.467 e. The average Bonchev–Trinajstić information content (AvgIpc) is 2.87. The molecule has 1 aromatic rings. The lowest BCUT2D eigenvalue weighted by Gasteiger charge is -2.21. The molecule has 0 aliphatic heterocycles. The minimum atomic E-state index is -0.545. The van der Waals surface area contributed by atoms with Gasteiger partial charge in [0.1, 0.15) is 11.9 Å². The number of rotatable bonds is 8. The Hall–Kier alpha value is -0.800. The molecule has 0 aliphatic rings. The first-order chi connectivity index (χ1) is 8.17. The molecule has 0 amide bonds. The van der Waals surface area contributed by atoms with Crippen molar-refractivity contribution in [3.8, 4) is 0 Å². The van der Waals surface area contributed by atoms with Crippen LogP contribution in [0.3, 0.4) is 0 Å². The molecule has 0 saturated heterocycles. The van der Waals surface area contributed by atoms with Crippen LogP contribution in [-0.2, 0) is 0 Å². The monoisotopic (exact) mass is 239 g/mol. The molecule has 17 heavy (non-hydrogen) atoms. The van der Waals surface area contributed by atoms with E-state index in [4.69, 9.17) is 4.42 Å². The van der Waals surface area contributed by atoms with Crippen molar-refractivity contribution in [2.24, 2.45) is 5.92 Å². The summed E-state index contributed by atoms with van der Waals surface area (Å²) >= 11 is 0. The summed E-state index contributed by atoms with van der Waals surface area (Å²) in [7, 11) is 0. The van der Waals surface area contributed by atoms with E-state index in [0.29, 0.717) is 18.3 Å². The number of furan rings is 1. The van der Waals surface area contributed by atoms with Crippen molar-refractivity contribution in [3.63, 3.8) is 0 Å². The fourth-order valence-electron chi connectivity index (χ4n) is 1.91. The first-order valence-electron chi connectivity index (χ1n) is 6.62. The van der Waals surface area contributed by atoms with Crippen molar-refractivity contribution in [2.45, 2.75) is 52.2 Å². The predicted octanol–water partition coefficient (Wildman–Crippen LogP) is 3.12. The Morgan fingerprint density at radius 3 is 2.65 bits per heavy atom. The number of hydrogen-bond donors (Lipinski definition) is 2. The van der Waals surface area contributed by atoms with Gasteiger partial charge in [0.15, 0.2) is 0 Å². The highest BCUT2D eigenvalue weighted by Crippen LogP contribution is 2.15. The van der Waals surface area contributed by atoms with Gasteiger partial charge in [-0.25, -0.2) is 0 Å². The van der Waals surface area contributed by atoms with Gasteiger partial charge >= 0.3 is 0 Å². The molecule has 3 atom stereocenters. The number of aliphatic hydroxyl groups is 1. The quantitative estimate of drug-likeness (QED) is 0.732. The highest BCUT2D eigenvalue weighted by Gasteiger charge is 2.14. The molecule has 0 spiro atoms. The second-order valence-corrected chi connectivity index (χ2v) is 4.79. The largest absolute Gasteiger partial charge is 0.467 e. The molecule has 1 heterocycles. The highest BCUT2D eigenvalue weighted by molar-refractivity contribution is 5.02. The molecule has 3 unspecified atom stereocenters. The second-order valence-electron chi connectivity index (χ2n) is 4.79. The zero-order valence-electron chi connectivity index (χ0n) is 11.1. The third-order valence-electron chi connectivity index (χ3n) is 3.35. The molecule has 0 bridgehead atoms. The fraction of sp³-hybridized carbons (Fsp3) is 0.714. The van der Waals surface area contributed by atoms with E-state index in [-0.39, 0.29) is 0 Å². The van der Waals surface area contributed by atoms with Gasteiger partial charge in [0.2, 0.25) is 0 Å². The molecule has 0 fully saturated rings. The number of nitrogens with one attached hydrogen (secondary N) is 1. The van der Waals surface area contributed by atoms with Crippen LogP contribution in [-0.4, -0.2) is 17.7 Å². The maximum absolute atomic E-state index is 9.89. The van der Waals surface area contributed by atoms with Crippen molar-refractivity contribution in [3.05, 3.63) is 24.2 Å². The van der Waals surface area contributed by atoms with Crippen LogP contribution in [0.25, 0.3) is 0 Å². The summed E-state index contributed by atoms with van der Waals surface area (Å²) in [4.78, 5) is 0. The average molecular weight is 239 g/mol. The topological polar surface area (TPSA) is 45.4 Å². The number of hydrogen-bond acceptors (Lipinski definition) is 3.